The first-order chi connectivity index (χ1) is 30.0. The van der Waals surface area contributed by atoms with Crippen molar-refractivity contribution in [2.45, 2.75) is 118 Å². The summed E-state index contributed by atoms with van der Waals surface area (Å²) in [5.74, 6) is -11.1. The van der Waals surface area contributed by atoms with Gasteiger partial charge in [0, 0.05) is 64.0 Å². The van der Waals surface area contributed by atoms with Crippen LogP contribution in [0.1, 0.15) is 111 Å². The highest BCUT2D eigenvalue weighted by molar-refractivity contribution is 5.92. The number of nitrogens with zero attached hydrogens (tertiary/aromatic N) is 4. The molecule has 2 amide bonds. The molecule has 0 spiro atoms. The predicted molar refractivity (Wildman–Crippen MR) is 236 cm³/mol. The molecule has 65 heavy (non-hydrogen) atoms. The Labute approximate surface area is 379 Å². The van der Waals surface area contributed by atoms with Crippen LogP contribution in [0.5, 0.6) is 11.5 Å². The highest BCUT2D eigenvalue weighted by atomic mass is 19.2. The van der Waals surface area contributed by atoms with Crippen molar-refractivity contribution in [1.29, 1.82) is 0 Å². The van der Waals surface area contributed by atoms with Gasteiger partial charge in [-0.15, -0.1) is 0 Å². The fraction of sp³-hybridized carbons (Fsp3) is 0.542. The van der Waals surface area contributed by atoms with Crippen molar-refractivity contribution in [2.24, 2.45) is 0 Å². The lowest BCUT2D eigenvalue weighted by molar-refractivity contribution is -0.162. The first kappa shape index (κ1) is 52.2. The van der Waals surface area contributed by atoms with Gasteiger partial charge < -0.3 is 33.5 Å². The number of esters is 2. The molecule has 358 valence electrons. The van der Waals surface area contributed by atoms with E-state index in [-0.39, 0.29) is 68.8 Å². The topological polar surface area (TPSA) is 127 Å². The van der Waals surface area contributed by atoms with E-state index in [2.05, 4.69) is 4.90 Å². The van der Waals surface area contributed by atoms with E-state index in [1.165, 1.54) is 23.1 Å². The highest BCUT2D eigenvalue weighted by Gasteiger charge is 2.37. The number of rotatable bonds is 8. The van der Waals surface area contributed by atoms with Gasteiger partial charge in [0.2, 0.25) is 17.4 Å². The van der Waals surface area contributed by atoms with Crippen LogP contribution >= 0.6 is 0 Å². The van der Waals surface area contributed by atoms with Crippen molar-refractivity contribution in [3.63, 3.8) is 0 Å². The van der Waals surface area contributed by atoms with E-state index in [1.807, 2.05) is 26.8 Å². The number of benzene rings is 3. The minimum atomic E-state index is -1.92. The molecule has 17 heteroatoms. The van der Waals surface area contributed by atoms with Crippen LogP contribution in [-0.4, -0.2) is 118 Å². The third-order valence-electron chi connectivity index (χ3n) is 9.84. The van der Waals surface area contributed by atoms with Crippen LogP contribution in [0.25, 0.3) is 0 Å². The van der Waals surface area contributed by atoms with Crippen molar-refractivity contribution in [2.75, 3.05) is 52.4 Å². The Balaban J connectivity index is 1.89. The summed E-state index contributed by atoms with van der Waals surface area (Å²) in [6.07, 6.45) is -1.21. The van der Waals surface area contributed by atoms with E-state index in [4.69, 9.17) is 23.7 Å². The molecule has 3 aromatic carbocycles. The summed E-state index contributed by atoms with van der Waals surface area (Å²) in [6.45, 7) is 22.8. The molecule has 0 saturated carbocycles. The summed E-state index contributed by atoms with van der Waals surface area (Å²) >= 11 is 0. The third-order valence-corrected chi connectivity index (χ3v) is 9.84. The number of amides is 2. The first-order valence-corrected chi connectivity index (χ1v) is 21.6. The Morgan fingerprint density at radius 3 is 1.58 bits per heavy atom. The molecule has 13 nitrogen and oxygen atoms in total. The fourth-order valence-electron chi connectivity index (χ4n) is 6.74. The molecule has 1 aliphatic rings. The average Bonchev–Trinajstić information content (AvgIpc) is 3.16. The number of hydrogen-bond donors (Lipinski definition) is 0. The zero-order chi connectivity index (χ0) is 48.7. The summed E-state index contributed by atoms with van der Waals surface area (Å²) in [4.78, 5) is 62.8. The number of carbonyl (C=O) groups is 4. The normalized spacial score (nSPS) is 15.9. The van der Waals surface area contributed by atoms with Gasteiger partial charge in [0.15, 0.2) is 11.6 Å². The molecule has 0 radical (unpaired) electrons. The molecule has 4 rings (SSSR count). The molecule has 1 fully saturated rings. The fourth-order valence-corrected chi connectivity index (χ4v) is 6.74. The summed E-state index contributed by atoms with van der Waals surface area (Å²) in [5, 5.41) is 0. The zero-order valence-electron chi connectivity index (χ0n) is 39.6. The molecule has 1 aliphatic heterocycles. The second-order valence-corrected chi connectivity index (χ2v) is 19.8. The van der Waals surface area contributed by atoms with Crippen LogP contribution in [0, 0.1) is 23.3 Å². The molecule has 0 N–H and O–H groups in total. The average molecular weight is 917 g/mol. The van der Waals surface area contributed by atoms with Crippen LogP contribution in [0.2, 0.25) is 0 Å². The van der Waals surface area contributed by atoms with Crippen molar-refractivity contribution in [1.82, 2.24) is 19.6 Å². The van der Waals surface area contributed by atoms with E-state index in [0.717, 1.165) is 5.56 Å². The van der Waals surface area contributed by atoms with Gasteiger partial charge in [0.1, 0.15) is 35.2 Å². The minimum Gasteiger partial charge on any atom is -0.489 e. The van der Waals surface area contributed by atoms with Crippen LogP contribution in [0.3, 0.4) is 0 Å². The maximum Gasteiger partial charge on any atom is 0.410 e. The van der Waals surface area contributed by atoms with E-state index >= 15 is 0 Å². The SMILES string of the molecule is CC(C)(C)OC(=O)C(c1cc(OCc2ccccc2)cc(C(=O)Oc2c(F)c(F)cc(F)c2F)c1)N1CCN(C(=O)OC(C)(C)C)CCN(C(=O)OC(C)(C)C)CCN(C(C)(C)C)CC1. The number of ether oxygens (including phenoxy) is 5. The summed E-state index contributed by atoms with van der Waals surface area (Å²) in [6, 6.07) is 11.6. The van der Waals surface area contributed by atoms with Crippen molar-refractivity contribution in [3.8, 4) is 11.5 Å². The van der Waals surface area contributed by atoms with E-state index in [9.17, 15) is 36.7 Å². The zero-order valence-corrected chi connectivity index (χ0v) is 39.6. The largest absolute Gasteiger partial charge is 0.489 e. The lowest BCUT2D eigenvalue weighted by atomic mass is 10.0. The van der Waals surface area contributed by atoms with Gasteiger partial charge in [-0.3, -0.25) is 9.80 Å². The predicted octanol–water partition coefficient (Wildman–Crippen LogP) is 9.31. The van der Waals surface area contributed by atoms with Gasteiger partial charge >= 0.3 is 24.1 Å². The van der Waals surface area contributed by atoms with Crippen LogP contribution < -0.4 is 9.47 Å². The van der Waals surface area contributed by atoms with Crippen LogP contribution in [0.4, 0.5) is 27.2 Å². The molecular weight excluding hydrogens is 853 g/mol. The summed E-state index contributed by atoms with van der Waals surface area (Å²) < 4.78 is 86.8. The molecular formula is C48H64F4N4O9. The Morgan fingerprint density at radius 1 is 0.600 bits per heavy atom. The molecule has 0 bridgehead atoms. The monoisotopic (exact) mass is 916 g/mol. The standard InChI is InChI=1S/C48H64F4N4O9/c1-45(2,3)56-24-22-53(18-19-54(43(59)64-47(7,8)9)20-21-55(23-25-56)44(60)65-48(10,11)12)39(42(58)63-46(4,5)6)32-26-33(28-34(27-32)61-30-31-16-14-13-15-17-31)41(57)62-40-37(51)35(49)29-36(50)38(40)52/h13-17,26-29,39H,18-25,30H2,1-12H3. The third kappa shape index (κ3) is 15.9. The quantitative estimate of drug-likeness (QED) is 0.0706. The Hall–Kier alpha value is -5.42. The van der Waals surface area contributed by atoms with Gasteiger partial charge in [0.25, 0.3) is 0 Å². The van der Waals surface area contributed by atoms with Crippen molar-refractivity contribution < 1.29 is 60.4 Å². The van der Waals surface area contributed by atoms with Crippen molar-refractivity contribution in [3.05, 3.63) is 94.6 Å². The van der Waals surface area contributed by atoms with Gasteiger partial charge in [-0.05, 0) is 112 Å². The Kier molecular flexibility index (Phi) is 17.1. The highest BCUT2D eigenvalue weighted by Crippen LogP contribution is 2.33. The Bertz CT molecular complexity index is 2120. The van der Waals surface area contributed by atoms with Crippen LogP contribution in [-0.2, 0) is 25.6 Å². The number of halogens is 4. The van der Waals surface area contributed by atoms with E-state index in [1.54, 1.807) is 96.4 Å². The van der Waals surface area contributed by atoms with Gasteiger partial charge in [-0.2, -0.15) is 8.78 Å². The van der Waals surface area contributed by atoms with E-state index < -0.39 is 81.5 Å². The van der Waals surface area contributed by atoms with E-state index in [0.29, 0.717) is 13.1 Å². The van der Waals surface area contributed by atoms with Gasteiger partial charge in [-0.25, -0.2) is 28.0 Å². The summed E-state index contributed by atoms with van der Waals surface area (Å²) in [5.41, 5.74) is -2.66. The smallest absolute Gasteiger partial charge is 0.410 e. The van der Waals surface area contributed by atoms with Crippen molar-refractivity contribution >= 4 is 24.1 Å². The number of carbonyl (C=O) groups excluding carboxylic acids is 4. The van der Waals surface area contributed by atoms with Gasteiger partial charge in [0.05, 0.1) is 5.56 Å². The molecule has 1 unspecified atom stereocenters. The lowest BCUT2D eigenvalue weighted by Gasteiger charge is -2.41. The maximum absolute atomic E-state index is 14.8. The Morgan fingerprint density at radius 2 is 1.08 bits per heavy atom. The second kappa shape index (κ2) is 21.3. The lowest BCUT2D eigenvalue weighted by Crippen LogP contribution is -2.54. The second-order valence-electron chi connectivity index (χ2n) is 19.8. The molecule has 1 heterocycles. The first-order valence-electron chi connectivity index (χ1n) is 21.6. The maximum atomic E-state index is 14.8. The molecule has 0 aromatic heterocycles. The number of hydrogen-bond acceptors (Lipinski definition) is 11. The minimum absolute atomic E-state index is 0.0103. The molecule has 0 aliphatic carbocycles. The molecule has 1 saturated heterocycles. The summed E-state index contributed by atoms with van der Waals surface area (Å²) in [7, 11) is 0. The molecule has 3 aromatic rings. The molecule has 1 atom stereocenters. The van der Waals surface area contributed by atoms with Gasteiger partial charge in [-0.1, -0.05) is 30.3 Å². The van der Waals surface area contributed by atoms with Crippen LogP contribution in [0.15, 0.2) is 54.6 Å².